The van der Waals surface area contributed by atoms with Gasteiger partial charge in [-0.15, -0.1) is 0 Å². The number of ether oxygens (including phenoxy) is 3. The molecule has 68 heavy (non-hydrogen) atoms. The minimum Gasteiger partial charge on any atom is -0.462 e. The Morgan fingerprint density at radius 2 is 0.809 bits per heavy atom. The van der Waals surface area contributed by atoms with Gasteiger partial charge < -0.3 is 24.2 Å². The van der Waals surface area contributed by atoms with Gasteiger partial charge in [0, 0.05) is 19.3 Å². The van der Waals surface area contributed by atoms with Crippen molar-refractivity contribution in [1.82, 2.24) is 0 Å². The minimum absolute atomic E-state index is 0.0825. The normalized spacial score (nSPS) is 14.2. The van der Waals surface area contributed by atoms with Gasteiger partial charge in [0.25, 0.3) is 0 Å². The molecular formula is C56H93O11P. The van der Waals surface area contributed by atoms with E-state index in [2.05, 4.69) is 106 Å². The van der Waals surface area contributed by atoms with Crippen LogP contribution in [-0.4, -0.2) is 66.5 Å². The molecular weight excluding hydrogens is 880 g/mol. The third-order valence-electron chi connectivity index (χ3n) is 10.4. The van der Waals surface area contributed by atoms with E-state index in [1.165, 1.54) is 12.8 Å². The molecule has 0 rings (SSSR count). The van der Waals surface area contributed by atoms with Gasteiger partial charge in [-0.05, 0) is 103 Å². The van der Waals surface area contributed by atoms with E-state index >= 15 is 0 Å². The summed E-state index contributed by atoms with van der Waals surface area (Å²) in [6.07, 6.45) is 56.7. The zero-order valence-electron chi connectivity index (χ0n) is 42.5. The zero-order valence-corrected chi connectivity index (χ0v) is 43.4. The van der Waals surface area contributed by atoms with Gasteiger partial charge >= 0.3 is 25.7 Å². The van der Waals surface area contributed by atoms with E-state index in [1.54, 1.807) is 0 Å². The van der Waals surface area contributed by atoms with Crippen LogP contribution < -0.4 is 0 Å². The number of esters is 3. The third kappa shape index (κ3) is 47.5. The summed E-state index contributed by atoms with van der Waals surface area (Å²) in [5, 5.41) is 9.77. The van der Waals surface area contributed by atoms with Crippen LogP contribution >= 0.6 is 7.82 Å². The number of phosphoric acid groups is 1. The van der Waals surface area contributed by atoms with Crippen molar-refractivity contribution in [2.45, 2.75) is 213 Å². The van der Waals surface area contributed by atoms with Crippen LogP contribution in [-0.2, 0) is 42.2 Å². The van der Waals surface area contributed by atoms with Gasteiger partial charge in [0.1, 0.15) is 12.7 Å². The van der Waals surface area contributed by atoms with Crippen molar-refractivity contribution in [2.24, 2.45) is 0 Å². The molecule has 12 heteroatoms. The second-order valence-electron chi connectivity index (χ2n) is 16.9. The molecule has 0 aliphatic carbocycles. The molecule has 0 saturated heterocycles. The Bertz CT molecular complexity index is 1510. The monoisotopic (exact) mass is 973 g/mol. The lowest BCUT2D eigenvalue weighted by Crippen LogP contribution is -2.30. The van der Waals surface area contributed by atoms with Crippen LogP contribution in [0.25, 0.3) is 0 Å². The van der Waals surface area contributed by atoms with Gasteiger partial charge in [0.15, 0.2) is 6.10 Å². The molecule has 0 radical (unpaired) electrons. The number of aliphatic hydroxyl groups is 1. The average Bonchev–Trinajstić information content (AvgIpc) is 3.32. The number of carbonyl (C=O) groups is 3. The Labute approximate surface area is 412 Å². The maximum absolute atomic E-state index is 12.8. The lowest BCUT2D eigenvalue weighted by Gasteiger charge is -2.21. The first-order valence-electron chi connectivity index (χ1n) is 26.1. The number of unbranched alkanes of at least 4 members (excludes halogenated alkanes) is 14. The highest BCUT2D eigenvalue weighted by atomic mass is 31.2. The van der Waals surface area contributed by atoms with Crippen LogP contribution in [0.2, 0.25) is 0 Å². The highest BCUT2D eigenvalue weighted by molar-refractivity contribution is 7.47. The van der Waals surface area contributed by atoms with Crippen molar-refractivity contribution in [1.29, 1.82) is 0 Å². The van der Waals surface area contributed by atoms with Gasteiger partial charge in [-0.3, -0.25) is 23.4 Å². The molecule has 388 valence electrons. The van der Waals surface area contributed by atoms with E-state index < -0.39 is 57.8 Å². The smallest absolute Gasteiger partial charge is 0.462 e. The molecule has 0 spiro atoms. The number of phosphoric ester groups is 1. The molecule has 3 atom stereocenters. The first-order chi connectivity index (χ1) is 33.2. The Balaban J connectivity index is 4.85. The Morgan fingerprint density at radius 3 is 1.31 bits per heavy atom. The second kappa shape index (κ2) is 49.8. The molecule has 0 aromatic heterocycles. The van der Waals surface area contributed by atoms with Crippen molar-refractivity contribution in [3.63, 3.8) is 0 Å². The first-order valence-corrected chi connectivity index (χ1v) is 27.6. The predicted molar refractivity (Wildman–Crippen MR) is 279 cm³/mol. The van der Waals surface area contributed by atoms with E-state index in [9.17, 15) is 28.9 Å². The van der Waals surface area contributed by atoms with Gasteiger partial charge in [0.2, 0.25) is 0 Å². The topological polar surface area (TPSA) is 155 Å². The van der Waals surface area contributed by atoms with E-state index in [0.717, 1.165) is 122 Å². The summed E-state index contributed by atoms with van der Waals surface area (Å²) in [6.45, 7) is 4.30. The number of aliphatic hydroxyl groups excluding tert-OH is 1. The molecule has 0 fully saturated rings. The van der Waals surface area contributed by atoms with Crippen molar-refractivity contribution in [3.05, 3.63) is 97.2 Å². The van der Waals surface area contributed by atoms with Crippen LogP contribution in [0.15, 0.2) is 97.2 Å². The summed E-state index contributed by atoms with van der Waals surface area (Å²) in [5.41, 5.74) is 0. The molecule has 11 nitrogen and oxygen atoms in total. The maximum atomic E-state index is 12.8. The van der Waals surface area contributed by atoms with E-state index in [-0.39, 0.29) is 25.9 Å². The van der Waals surface area contributed by atoms with Gasteiger partial charge in [-0.1, -0.05) is 176 Å². The average molecular weight is 973 g/mol. The highest BCUT2D eigenvalue weighted by Gasteiger charge is 2.28. The number of carbonyl (C=O) groups excluding carboxylic acids is 3. The van der Waals surface area contributed by atoms with Crippen molar-refractivity contribution < 1.29 is 52.2 Å². The standard InChI is InChI=1S/C56H93O11P/c1-4-7-10-13-16-19-22-24-25-26-27-29-32-35-38-41-44-47-56(60)67-53(49-63-54(58)45-42-39-36-33-30-21-18-15-12-9-6-3)51-65-68(61,62)64-50-52(48-57)66-55(59)46-43-40-37-34-31-28-23-20-17-14-11-8-5-2/h7,10-11,14-16,18-20,23-25,27,29,35,38,52-53,57H,4-6,8-9,12-13,17,21-22,26,28,30-34,36-37,39-51H2,1-3H3,(H,61,62)/b10-7-,14-11-,18-15-,19-16-,23-20-,25-24-,29-27-,38-35-. The number of rotatable bonds is 47. The second-order valence-corrected chi connectivity index (χ2v) is 18.4. The lowest BCUT2D eigenvalue weighted by molar-refractivity contribution is -0.161. The number of hydrogen-bond donors (Lipinski definition) is 2. The quantitative estimate of drug-likeness (QED) is 0.0197. The summed E-state index contributed by atoms with van der Waals surface area (Å²) in [5.74, 6) is -1.57. The Kier molecular flexibility index (Phi) is 47.2. The van der Waals surface area contributed by atoms with Crippen molar-refractivity contribution in [2.75, 3.05) is 26.4 Å². The largest absolute Gasteiger partial charge is 0.472 e. The molecule has 0 saturated carbocycles. The van der Waals surface area contributed by atoms with Gasteiger partial charge in [-0.2, -0.15) is 0 Å². The van der Waals surface area contributed by atoms with Gasteiger partial charge in [-0.25, -0.2) is 4.57 Å². The summed E-state index contributed by atoms with van der Waals surface area (Å²) < 4.78 is 39.3. The molecule has 0 aromatic rings. The molecule has 0 aliphatic rings. The van der Waals surface area contributed by atoms with Crippen molar-refractivity contribution >= 4 is 25.7 Å². The number of allylic oxidation sites excluding steroid dienone is 16. The van der Waals surface area contributed by atoms with Gasteiger partial charge in [0.05, 0.1) is 19.8 Å². The molecule has 0 amide bonds. The molecule has 0 bridgehead atoms. The minimum atomic E-state index is -4.77. The Morgan fingerprint density at radius 1 is 0.426 bits per heavy atom. The van der Waals surface area contributed by atoms with Crippen LogP contribution in [0, 0.1) is 0 Å². The molecule has 0 heterocycles. The summed E-state index contributed by atoms with van der Waals surface area (Å²) in [4.78, 5) is 48.3. The summed E-state index contributed by atoms with van der Waals surface area (Å²) >= 11 is 0. The molecule has 0 aromatic carbocycles. The fourth-order valence-corrected chi connectivity index (χ4v) is 7.25. The molecule has 2 N–H and O–H groups in total. The highest BCUT2D eigenvalue weighted by Crippen LogP contribution is 2.43. The van der Waals surface area contributed by atoms with Crippen LogP contribution in [0.4, 0.5) is 0 Å². The van der Waals surface area contributed by atoms with Crippen LogP contribution in [0.3, 0.4) is 0 Å². The van der Waals surface area contributed by atoms with Crippen LogP contribution in [0.1, 0.15) is 201 Å². The Hall–Kier alpha value is -3.60. The van der Waals surface area contributed by atoms with E-state index in [0.29, 0.717) is 25.7 Å². The number of hydrogen-bond acceptors (Lipinski definition) is 10. The van der Waals surface area contributed by atoms with Crippen molar-refractivity contribution in [3.8, 4) is 0 Å². The fourth-order valence-electron chi connectivity index (χ4n) is 6.47. The predicted octanol–water partition coefficient (Wildman–Crippen LogP) is 14.9. The first kappa shape index (κ1) is 64.4. The molecule has 0 aliphatic heterocycles. The summed E-state index contributed by atoms with van der Waals surface area (Å²) in [6, 6.07) is 0. The van der Waals surface area contributed by atoms with E-state index in [4.69, 9.17) is 23.3 Å². The lowest BCUT2D eigenvalue weighted by atomic mass is 10.1. The van der Waals surface area contributed by atoms with E-state index in [1.807, 2.05) is 12.2 Å². The summed E-state index contributed by atoms with van der Waals surface area (Å²) in [7, 11) is -4.77. The third-order valence-corrected chi connectivity index (χ3v) is 11.4. The maximum Gasteiger partial charge on any atom is 0.472 e. The fraction of sp³-hybridized carbons (Fsp3) is 0.661. The zero-order chi connectivity index (χ0) is 49.9. The molecule has 3 unspecified atom stereocenters. The SMILES string of the molecule is CC/C=C\C/C=C\C/C=C\C/C=C\C/C=C\CCCC(=O)OC(COC(=O)CCCCCCC/C=C\CCCC)COP(=O)(O)OCC(CO)OC(=O)CCCCCCC/C=C\C/C=C\CCC. The van der Waals surface area contributed by atoms with Crippen LogP contribution in [0.5, 0.6) is 0 Å².